The lowest BCUT2D eigenvalue weighted by Gasteiger charge is -2.13. The number of benzene rings is 2. The van der Waals surface area contributed by atoms with E-state index in [0.717, 1.165) is 5.39 Å². The number of phenols is 1. The second-order valence-electron chi connectivity index (χ2n) is 5.39. The van der Waals surface area contributed by atoms with E-state index in [-0.39, 0.29) is 28.6 Å². The van der Waals surface area contributed by atoms with Gasteiger partial charge in [0, 0.05) is 17.1 Å². The lowest BCUT2D eigenvalue weighted by Crippen LogP contribution is -2.01. The Hall–Kier alpha value is -2.56. The van der Waals surface area contributed by atoms with Crippen LogP contribution in [-0.4, -0.2) is 15.1 Å². The largest absolute Gasteiger partial charge is 0.508 e. The smallest absolute Gasteiger partial charge is 0.170 e. The van der Waals surface area contributed by atoms with Crippen LogP contribution >= 0.6 is 0 Å². The van der Waals surface area contributed by atoms with Gasteiger partial charge in [-0.25, -0.2) is 18.7 Å². The third kappa shape index (κ3) is 2.28. The second-order valence-corrected chi connectivity index (χ2v) is 5.39. The summed E-state index contributed by atoms with van der Waals surface area (Å²) in [4.78, 5) is 8.30. The SMILES string of the molecule is CC(C)c1c(O)cc(-c2ncc3ccccc3n2)c(F)c1F. The van der Waals surface area contributed by atoms with Crippen LogP contribution in [0.25, 0.3) is 22.3 Å². The zero-order chi connectivity index (χ0) is 15.9. The Bertz CT molecular complexity index is 863. The highest BCUT2D eigenvalue weighted by molar-refractivity contribution is 5.79. The Balaban J connectivity index is 2.22. The van der Waals surface area contributed by atoms with Crippen molar-refractivity contribution in [2.24, 2.45) is 0 Å². The predicted octanol–water partition coefficient (Wildman–Crippen LogP) is 4.40. The van der Waals surface area contributed by atoms with Gasteiger partial charge in [-0.1, -0.05) is 32.0 Å². The number of fused-ring (bicyclic) bond motifs is 1. The Labute approximate surface area is 126 Å². The number of hydrogen-bond acceptors (Lipinski definition) is 3. The van der Waals surface area contributed by atoms with E-state index in [0.29, 0.717) is 5.52 Å². The number of hydrogen-bond donors (Lipinski definition) is 1. The zero-order valence-corrected chi connectivity index (χ0v) is 12.1. The molecule has 0 amide bonds. The van der Waals surface area contributed by atoms with Crippen molar-refractivity contribution >= 4 is 10.9 Å². The summed E-state index contributed by atoms with van der Waals surface area (Å²) in [6.07, 6.45) is 1.54. The molecule has 0 atom stereocenters. The van der Waals surface area contributed by atoms with E-state index in [9.17, 15) is 13.9 Å². The van der Waals surface area contributed by atoms with Gasteiger partial charge in [-0.3, -0.25) is 0 Å². The topological polar surface area (TPSA) is 46.0 Å². The monoisotopic (exact) mass is 300 g/mol. The number of aromatic nitrogens is 2. The van der Waals surface area contributed by atoms with Gasteiger partial charge in [0.05, 0.1) is 11.1 Å². The summed E-state index contributed by atoms with van der Waals surface area (Å²) in [5.41, 5.74) is 0.437. The summed E-state index contributed by atoms with van der Waals surface area (Å²) >= 11 is 0. The number of para-hydroxylation sites is 1. The maximum absolute atomic E-state index is 14.3. The van der Waals surface area contributed by atoms with Crippen LogP contribution in [0.3, 0.4) is 0 Å². The molecule has 0 aliphatic heterocycles. The van der Waals surface area contributed by atoms with E-state index in [4.69, 9.17) is 0 Å². The fourth-order valence-electron chi connectivity index (χ4n) is 2.44. The van der Waals surface area contributed by atoms with Gasteiger partial charge < -0.3 is 5.11 Å². The van der Waals surface area contributed by atoms with Crippen molar-refractivity contribution in [3.63, 3.8) is 0 Å². The van der Waals surface area contributed by atoms with Crippen molar-refractivity contribution < 1.29 is 13.9 Å². The molecule has 0 bridgehead atoms. The molecular formula is C17H14F2N2O. The molecule has 0 saturated carbocycles. The highest BCUT2D eigenvalue weighted by atomic mass is 19.2. The Morgan fingerprint density at radius 2 is 1.82 bits per heavy atom. The summed E-state index contributed by atoms with van der Waals surface area (Å²) in [6.45, 7) is 3.37. The lowest BCUT2D eigenvalue weighted by atomic mass is 9.98. The van der Waals surface area contributed by atoms with E-state index in [1.54, 1.807) is 32.2 Å². The number of nitrogens with zero attached hydrogens (tertiary/aromatic N) is 2. The van der Waals surface area contributed by atoms with Crippen molar-refractivity contribution in [3.8, 4) is 17.1 Å². The van der Waals surface area contributed by atoms with Crippen LogP contribution < -0.4 is 0 Å². The number of rotatable bonds is 2. The molecule has 112 valence electrons. The van der Waals surface area contributed by atoms with Crippen molar-refractivity contribution in [2.45, 2.75) is 19.8 Å². The van der Waals surface area contributed by atoms with Crippen LogP contribution in [0.5, 0.6) is 5.75 Å². The van der Waals surface area contributed by atoms with Crippen LogP contribution in [0.1, 0.15) is 25.3 Å². The minimum Gasteiger partial charge on any atom is -0.508 e. The Kier molecular flexibility index (Phi) is 3.48. The average molecular weight is 300 g/mol. The highest BCUT2D eigenvalue weighted by Gasteiger charge is 2.22. The Morgan fingerprint density at radius 1 is 1.09 bits per heavy atom. The van der Waals surface area contributed by atoms with Crippen LogP contribution in [0.2, 0.25) is 0 Å². The van der Waals surface area contributed by atoms with Gasteiger partial charge >= 0.3 is 0 Å². The first-order valence-electron chi connectivity index (χ1n) is 6.92. The van der Waals surface area contributed by atoms with Gasteiger partial charge in [0.1, 0.15) is 5.75 Å². The minimum atomic E-state index is -1.05. The molecule has 2 aromatic carbocycles. The molecule has 0 aliphatic carbocycles. The summed E-state index contributed by atoms with van der Waals surface area (Å²) in [5.74, 6) is -2.68. The fourth-order valence-corrected chi connectivity index (χ4v) is 2.44. The normalized spacial score (nSPS) is 11.3. The quantitative estimate of drug-likeness (QED) is 0.762. The first-order chi connectivity index (χ1) is 10.5. The molecule has 1 aromatic heterocycles. The lowest BCUT2D eigenvalue weighted by molar-refractivity contribution is 0.437. The summed E-state index contributed by atoms with van der Waals surface area (Å²) in [6, 6.07) is 8.41. The van der Waals surface area contributed by atoms with Gasteiger partial charge in [-0.2, -0.15) is 0 Å². The van der Waals surface area contributed by atoms with Crippen molar-refractivity contribution in [2.75, 3.05) is 0 Å². The third-order valence-electron chi connectivity index (χ3n) is 3.53. The van der Waals surface area contributed by atoms with Gasteiger partial charge in [0.25, 0.3) is 0 Å². The first kappa shape index (κ1) is 14.4. The minimum absolute atomic E-state index is 0.0398. The summed E-state index contributed by atoms with van der Waals surface area (Å²) < 4.78 is 28.5. The van der Waals surface area contributed by atoms with E-state index >= 15 is 0 Å². The molecular weight excluding hydrogens is 286 g/mol. The molecule has 0 unspecified atom stereocenters. The van der Waals surface area contributed by atoms with Crippen molar-refractivity contribution in [3.05, 3.63) is 53.7 Å². The van der Waals surface area contributed by atoms with E-state index < -0.39 is 11.6 Å². The molecule has 3 rings (SSSR count). The Morgan fingerprint density at radius 3 is 2.55 bits per heavy atom. The van der Waals surface area contributed by atoms with Crippen LogP contribution in [0, 0.1) is 11.6 Å². The molecule has 0 aliphatic rings. The molecule has 5 heteroatoms. The fraction of sp³-hybridized carbons (Fsp3) is 0.176. The number of phenolic OH excluding ortho intramolecular Hbond substituents is 1. The highest BCUT2D eigenvalue weighted by Crippen LogP contribution is 2.35. The van der Waals surface area contributed by atoms with Crippen LogP contribution in [0.15, 0.2) is 36.5 Å². The maximum atomic E-state index is 14.3. The van der Waals surface area contributed by atoms with E-state index in [1.807, 2.05) is 12.1 Å². The van der Waals surface area contributed by atoms with Crippen molar-refractivity contribution in [1.29, 1.82) is 0 Å². The number of aromatic hydroxyl groups is 1. The first-order valence-corrected chi connectivity index (χ1v) is 6.92. The van der Waals surface area contributed by atoms with Crippen LogP contribution in [0.4, 0.5) is 8.78 Å². The van der Waals surface area contributed by atoms with Gasteiger partial charge in [-0.15, -0.1) is 0 Å². The molecule has 1 heterocycles. The molecule has 1 N–H and O–H groups in total. The standard InChI is InChI=1S/C17H14F2N2O/c1-9(2)14-13(22)7-11(15(18)16(14)19)17-20-8-10-5-3-4-6-12(10)21-17/h3-9,22H,1-2H3. The molecule has 3 aromatic rings. The van der Waals surface area contributed by atoms with Gasteiger partial charge in [0.2, 0.25) is 0 Å². The zero-order valence-electron chi connectivity index (χ0n) is 12.1. The molecule has 0 radical (unpaired) electrons. The van der Waals surface area contributed by atoms with Gasteiger partial charge in [0.15, 0.2) is 17.5 Å². The molecule has 0 spiro atoms. The molecule has 0 saturated heterocycles. The number of halogens is 2. The second kappa shape index (κ2) is 5.33. The van der Waals surface area contributed by atoms with Gasteiger partial charge in [-0.05, 0) is 18.1 Å². The summed E-state index contributed by atoms with van der Waals surface area (Å²) in [5, 5.41) is 10.8. The van der Waals surface area contributed by atoms with E-state index in [1.165, 1.54) is 6.07 Å². The molecule has 22 heavy (non-hydrogen) atoms. The predicted molar refractivity (Wildman–Crippen MR) is 80.6 cm³/mol. The maximum Gasteiger partial charge on any atom is 0.170 e. The molecule has 0 fully saturated rings. The van der Waals surface area contributed by atoms with Crippen molar-refractivity contribution in [1.82, 2.24) is 9.97 Å². The average Bonchev–Trinajstić information content (AvgIpc) is 2.50. The van der Waals surface area contributed by atoms with E-state index in [2.05, 4.69) is 9.97 Å². The summed E-state index contributed by atoms with van der Waals surface area (Å²) in [7, 11) is 0. The molecule has 3 nitrogen and oxygen atoms in total. The third-order valence-corrected chi connectivity index (χ3v) is 3.53. The van der Waals surface area contributed by atoms with Crippen LogP contribution in [-0.2, 0) is 0 Å².